The Kier molecular flexibility index (Phi) is 4.47. The minimum absolute atomic E-state index is 0.0201. The SMILES string of the molecule is CNCc1ccnc(N2CCCC(C(F)(F)F)C2)c1F. The van der Waals surface area contributed by atoms with Gasteiger partial charge in [-0.1, -0.05) is 0 Å². The lowest BCUT2D eigenvalue weighted by Gasteiger charge is -2.34. The topological polar surface area (TPSA) is 28.2 Å². The van der Waals surface area contributed by atoms with Crippen LogP contribution in [0.1, 0.15) is 18.4 Å². The Morgan fingerprint density at radius 3 is 2.85 bits per heavy atom. The summed E-state index contributed by atoms with van der Waals surface area (Å²) >= 11 is 0. The molecule has 0 saturated carbocycles. The Labute approximate surface area is 115 Å². The van der Waals surface area contributed by atoms with E-state index in [4.69, 9.17) is 0 Å². The molecule has 112 valence electrons. The van der Waals surface area contributed by atoms with Crippen molar-refractivity contribution in [1.82, 2.24) is 10.3 Å². The lowest BCUT2D eigenvalue weighted by Crippen LogP contribution is -2.42. The molecule has 1 aromatic heterocycles. The van der Waals surface area contributed by atoms with Crippen LogP contribution in [-0.4, -0.2) is 31.3 Å². The minimum Gasteiger partial charge on any atom is -0.354 e. The van der Waals surface area contributed by atoms with E-state index >= 15 is 0 Å². The number of piperidine rings is 1. The van der Waals surface area contributed by atoms with Crippen LogP contribution in [0.2, 0.25) is 0 Å². The highest BCUT2D eigenvalue weighted by Crippen LogP contribution is 2.35. The third kappa shape index (κ3) is 3.20. The number of alkyl halides is 3. The molecule has 1 atom stereocenters. The maximum absolute atomic E-state index is 14.2. The average molecular weight is 291 g/mol. The number of anilines is 1. The van der Waals surface area contributed by atoms with E-state index in [1.165, 1.54) is 17.2 Å². The molecule has 3 nitrogen and oxygen atoms in total. The van der Waals surface area contributed by atoms with Gasteiger partial charge in [0, 0.05) is 31.4 Å². The Hall–Kier alpha value is -1.37. The van der Waals surface area contributed by atoms with E-state index in [0.717, 1.165) is 0 Å². The van der Waals surface area contributed by atoms with Gasteiger partial charge in [0.05, 0.1) is 5.92 Å². The van der Waals surface area contributed by atoms with E-state index in [1.54, 1.807) is 7.05 Å². The van der Waals surface area contributed by atoms with Gasteiger partial charge in [-0.3, -0.25) is 0 Å². The molecule has 2 heterocycles. The highest BCUT2D eigenvalue weighted by molar-refractivity contribution is 5.43. The number of pyridine rings is 1. The van der Waals surface area contributed by atoms with Crippen LogP contribution < -0.4 is 10.2 Å². The molecule has 1 saturated heterocycles. The first-order valence-electron chi connectivity index (χ1n) is 6.53. The zero-order chi connectivity index (χ0) is 14.8. The molecule has 0 amide bonds. The second kappa shape index (κ2) is 5.95. The van der Waals surface area contributed by atoms with E-state index in [0.29, 0.717) is 25.1 Å². The standard InChI is InChI=1S/C13H17F4N3/c1-18-7-9-4-5-19-12(11(9)14)20-6-2-3-10(8-20)13(15,16)17/h4-5,10,18H,2-3,6-8H2,1H3. The lowest BCUT2D eigenvalue weighted by molar-refractivity contribution is -0.176. The molecular formula is C13H17F4N3. The third-order valence-electron chi connectivity index (χ3n) is 3.50. The van der Waals surface area contributed by atoms with Gasteiger partial charge in [0.25, 0.3) is 0 Å². The molecule has 0 radical (unpaired) electrons. The van der Waals surface area contributed by atoms with Gasteiger partial charge in [-0.25, -0.2) is 9.37 Å². The van der Waals surface area contributed by atoms with Crippen LogP contribution in [0, 0.1) is 11.7 Å². The fourth-order valence-electron chi connectivity index (χ4n) is 2.46. The summed E-state index contributed by atoms with van der Waals surface area (Å²) in [6.07, 6.45) is -2.32. The maximum Gasteiger partial charge on any atom is 0.393 e. The molecule has 1 N–H and O–H groups in total. The van der Waals surface area contributed by atoms with Crippen molar-refractivity contribution < 1.29 is 17.6 Å². The first kappa shape index (κ1) is 15.0. The second-order valence-electron chi connectivity index (χ2n) is 4.96. The van der Waals surface area contributed by atoms with E-state index in [-0.39, 0.29) is 18.8 Å². The van der Waals surface area contributed by atoms with Crippen molar-refractivity contribution in [3.63, 3.8) is 0 Å². The molecule has 1 aliphatic rings. The molecular weight excluding hydrogens is 274 g/mol. The molecule has 20 heavy (non-hydrogen) atoms. The molecule has 1 fully saturated rings. The lowest BCUT2D eigenvalue weighted by atomic mass is 9.97. The molecule has 1 aliphatic heterocycles. The van der Waals surface area contributed by atoms with E-state index in [2.05, 4.69) is 10.3 Å². The zero-order valence-corrected chi connectivity index (χ0v) is 11.2. The van der Waals surface area contributed by atoms with Crippen molar-refractivity contribution in [2.24, 2.45) is 5.92 Å². The van der Waals surface area contributed by atoms with Crippen molar-refractivity contribution in [1.29, 1.82) is 0 Å². The Bertz CT molecular complexity index is 461. The van der Waals surface area contributed by atoms with Crippen LogP contribution in [0.5, 0.6) is 0 Å². The highest BCUT2D eigenvalue weighted by Gasteiger charge is 2.42. The van der Waals surface area contributed by atoms with E-state index in [9.17, 15) is 17.6 Å². The van der Waals surface area contributed by atoms with Crippen molar-refractivity contribution in [3.05, 3.63) is 23.6 Å². The molecule has 0 spiro atoms. The normalized spacial score (nSPS) is 20.2. The van der Waals surface area contributed by atoms with Gasteiger partial charge in [-0.15, -0.1) is 0 Å². The minimum atomic E-state index is -4.24. The van der Waals surface area contributed by atoms with E-state index in [1.807, 2.05) is 0 Å². The predicted octanol–water partition coefficient (Wildman–Crippen LogP) is 2.72. The van der Waals surface area contributed by atoms with Crippen LogP contribution in [0.3, 0.4) is 0 Å². The van der Waals surface area contributed by atoms with Crippen molar-refractivity contribution in [2.45, 2.75) is 25.6 Å². The number of halogens is 4. The Morgan fingerprint density at radius 2 is 2.20 bits per heavy atom. The van der Waals surface area contributed by atoms with Gasteiger partial charge < -0.3 is 10.2 Å². The number of rotatable bonds is 3. The fraction of sp³-hybridized carbons (Fsp3) is 0.615. The quantitative estimate of drug-likeness (QED) is 0.868. The van der Waals surface area contributed by atoms with Gasteiger partial charge in [0.1, 0.15) is 0 Å². The summed E-state index contributed by atoms with van der Waals surface area (Å²) in [7, 11) is 1.68. The third-order valence-corrected chi connectivity index (χ3v) is 3.50. The first-order valence-corrected chi connectivity index (χ1v) is 6.53. The largest absolute Gasteiger partial charge is 0.393 e. The molecule has 2 rings (SSSR count). The summed E-state index contributed by atoms with van der Waals surface area (Å²) in [5.41, 5.74) is 0.409. The van der Waals surface area contributed by atoms with Gasteiger partial charge in [-0.2, -0.15) is 13.2 Å². The average Bonchev–Trinajstić information content (AvgIpc) is 2.41. The summed E-state index contributed by atoms with van der Waals surface area (Å²) in [6.45, 7) is 0.494. The summed E-state index contributed by atoms with van der Waals surface area (Å²) in [4.78, 5) is 5.32. The summed E-state index contributed by atoms with van der Waals surface area (Å²) in [6, 6.07) is 1.53. The van der Waals surface area contributed by atoms with Crippen LogP contribution in [0.15, 0.2) is 12.3 Å². The molecule has 0 bridgehead atoms. The van der Waals surface area contributed by atoms with Crippen LogP contribution in [0.4, 0.5) is 23.4 Å². The highest BCUT2D eigenvalue weighted by atomic mass is 19.4. The maximum atomic E-state index is 14.2. The Balaban J connectivity index is 2.21. The van der Waals surface area contributed by atoms with Crippen LogP contribution in [-0.2, 0) is 6.54 Å². The molecule has 1 aromatic rings. The Morgan fingerprint density at radius 1 is 1.45 bits per heavy atom. The van der Waals surface area contributed by atoms with E-state index < -0.39 is 17.9 Å². The first-order chi connectivity index (χ1) is 9.43. The van der Waals surface area contributed by atoms with Gasteiger partial charge in [-0.05, 0) is 26.0 Å². The predicted molar refractivity (Wildman–Crippen MR) is 68.0 cm³/mol. The molecule has 0 aromatic carbocycles. The van der Waals surface area contributed by atoms with Crippen molar-refractivity contribution in [2.75, 3.05) is 25.0 Å². The van der Waals surface area contributed by atoms with Crippen LogP contribution >= 0.6 is 0 Å². The number of hydrogen-bond acceptors (Lipinski definition) is 3. The summed E-state index contributed by atoms with van der Waals surface area (Å²) in [5, 5.41) is 2.82. The van der Waals surface area contributed by atoms with Crippen molar-refractivity contribution >= 4 is 5.82 Å². The fourth-order valence-corrected chi connectivity index (χ4v) is 2.46. The number of aromatic nitrogens is 1. The molecule has 1 unspecified atom stereocenters. The van der Waals surface area contributed by atoms with Gasteiger partial charge >= 0.3 is 6.18 Å². The zero-order valence-electron chi connectivity index (χ0n) is 11.2. The van der Waals surface area contributed by atoms with Crippen LogP contribution in [0.25, 0.3) is 0 Å². The molecule has 7 heteroatoms. The summed E-state index contributed by atoms with van der Waals surface area (Å²) < 4.78 is 52.6. The smallest absolute Gasteiger partial charge is 0.354 e. The summed E-state index contributed by atoms with van der Waals surface area (Å²) in [5.74, 6) is -1.93. The van der Waals surface area contributed by atoms with Crippen molar-refractivity contribution in [3.8, 4) is 0 Å². The van der Waals surface area contributed by atoms with Gasteiger partial charge in [0.2, 0.25) is 0 Å². The second-order valence-corrected chi connectivity index (χ2v) is 4.96. The van der Waals surface area contributed by atoms with Gasteiger partial charge in [0.15, 0.2) is 11.6 Å². The number of nitrogens with one attached hydrogen (secondary N) is 1. The molecule has 0 aliphatic carbocycles. The number of hydrogen-bond donors (Lipinski definition) is 1. The number of nitrogens with zero attached hydrogens (tertiary/aromatic N) is 2. The monoisotopic (exact) mass is 291 g/mol.